The van der Waals surface area contributed by atoms with E-state index in [4.69, 9.17) is 4.74 Å². The van der Waals surface area contributed by atoms with Gasteiger partial charge in [-0.15, -0.1) is 11.3 Å². The molecule has 5 atom stereocenters. The number of amides is 3. The first-order valence-corrected chi connectivity index (χ1v) is 18.4. The molecule has 0 saturated carbocycles. The molecule has 0 bridgehead atoms. The number of carboxylic acid groups (broad SMARTS) is 1. The van der Waals surface area contributed by atoms with E-state index in [9.17, 15) is 29.1 Å². The maximum Gasteiger partial charge on any atom is 0.306 e. The van der Waals surface area contributed by atoms with Gasteiger partial charge >= 0.3 is 11.9 Å². The number of carboxylic acids is 1. The van der Waals surface area contributed by atoms with Crippen molar-refractivity contribution in [1.29, 1.82) is 0 Å². The van der Waals surface area contributed by atoms with Crippen molar-refractivity contribution in [3.63, 3.8) is 0 Å². The molecule has 4 N–H and O–H groups in total. The number of hydrogen-bond donors (Lipinski definition) is 4. The Morgan fingerprint density at radius 1 is 0.940 bits per heavy atom. The molecule has 3 amide bonds. The van der Waals surface area contributed by atoms with E-state index in [0.29, 0.717) is 17.8 Å². The highest BCUT2D eigenvalue weighted by molar-refractivity contribution is 7.09. The molecule has 1 heterocycles. The van der Waals surface area contributed by atoms with E-state index in [1.54, 1.807) is 24.3 Å². The van der Waals surface area contributed by atoms with Crippen molar-refractivity contribution >= 4 is 41.0 Å². The minimum atomic E-state index is -0.946. The molecule has 1 aromatic carbocycles. The van der Waals surface area contributed by atoms with Gasteiger partial charge in [-0.1, -0.05) is 71.4 Å². The SMILES string of the molecule is CNCCCCCC(=O)N[C@H](C(=O)N(C)[C@H](C[C@@H](OC(C)=O)c1nc(C(=O)N[C@@H](Cc2ccccc2)C[C@H](C)C(=O)O)cs1)C(C)C)C(C)C. The molecule has 50 heavy (non-hydrogen) atoms. The average Bonchev–Trinajstić information content (AvgIpc) is 3.55. The number of carbonyl (C=O) groups is 5. The van der Waals surface area contributed by atoms with E-state index in [1.165, 1.54) is 18.3 Å². The first-order valence-electron chi connectivity index (χ1n) is 17.5. The lowest BCUT2D eigenvalue weighted by Crippen LogP contribution is -2.54. The highest BCUT2D eigenvalue weighted by atomic mass is 32.1. The lowest BCUT2D eigenvalue weighted by atomic mass is 9.94. The van der Waals surface area contributed by atoms with Gasteiger partial charge in [0.2, 0.25) is 11.8 Å². The Kier molecular flexibility index (Phi) is 18.1. The van der Waals surface area contributed by atoms with Gasteiger partial charge in [0, 0.05) is 44.3 Å². The van der Waals surface area contributed by atoms with Crippen LogP contribution in [0.4, 0.5) is 0 Å². The Hall–Kier alpha value is -3.84. The van der Waals surface area contributed by atoms with Crippen molar-refractivity contribution in [3.05, 3.63) is 52.0 Å². The third kappa shape index (κ3) is 14.2. The number of likely N-dealkylation sites (N-methyl/N-ethyl adjacent to an activating group) is 1. The lowest BCUT2D eigenvalue weighted by Gasteiger charge is -2.36. The molecule has 0 radical (unpaired) electrons. The van der Waals surface area contributed by atoms with Gasteiger partial charge < -0.3 is 30.7 Å². The van der Waals surface area contributed by atoms with Crippen molar-refractivity contribution in [3.8, 4) is 0 Å². The molecule has 0 aliphatic carbocycles. The van der Waals surface area contributed by atoms with Gasteiger partial charge in [0.05, 0.1) is 5.92 Å². The number of thiazole rings is 1. The third-order valence-corrected chi connectivity index (χ3v) is 9.64. The Bertz CT molecular complexity index is 1380. The number of nitrogens with one attached hydrogen (secondary N) is 3. The molecule has 0 saturated heterocycles. The van der Waals surface area contributed by atoms with Crippen LogP contribution >= 0.6 is 11.3 Å². The summed E-state index contributed by atoms with van der Waals surface area (Å²) < 4.78 is 5.72. The van der Waals surface area contributed by atoms with Gasteiger partial charge in [0.1, 0.15) is 16.7 Å². The number of carbonyl (C=O) groups excluding carboxylic acids is 4. The van der Waals surface area contributed by atoms with Gasteiger partial charge in [0.15, 0.2) is 6.10 Å². The second kappa shape index (κ2) is 21.4. The summed E-state index contributed by atoms with van der Waals surface area (Å²) in [6.45, 7) is 11.5. The van der Waals surface area contributed by atoms with Gasteiger partial charge in [-0.25, -0.2) is 4.98 Å². The number of rotatable bonds is 22. The summed E-state index contributed by atoms with van der Waals surface area (Å²) in [7, 11) is 3.59. The summed E-state index contributed by atoms with van der Waals surface area (Å²) in [6.07, 6.45) is 3.05. The highest BCUT2D eigenvalue weighted by Crippen LogP contribution is 2.31. The molecule has 0 spiro atoms. The first kappa shape index (κ1) is 42.3. The fourth-order valence-corrected chi connectivity index (χ4v) is 6.66. The zero-order chi connectivity index (χ0) is 37.4. The lowest BCUT2D eigenvalue weighted by molar-refractivity contribution is -0.149. The monoisotopic (exact) mass is 715 g/mol. The number of benzene rings is 1. The minimum Gasteiger partial charge on any atom is -0.481 e. The average molecular weight is 716 g/mol. The molecule has 0 aliphatic rings. The summed E-state index contributed by atoms with van der Waals surface area (Å²) >= 11 is 1.18. The standard InChI is InChI=1S/C37H57N5O7S/c1-23(2)30(42(8)36(46)33(24(3)4)41-32(44)17-13-10-14-18-38-7)21-31(49-26(6)43)35-40-29(22-50-35)34(45)39-28(19-25(5)37(47)48)20-27-15-11-9-12-16-27/h9,11-12,15-16,22-25,28,30-31,33,38H,10,13-14,17-21H2,1-8H3,(H,39,45)(H,41,44)(H,47,48)/t25-,28+,30+,31+,33-/m0/s1. The van der Waals surface area contributed by atoms with Crippen LogP contribution in [-0.2, 0) is 30.3 Å². The van der Waals surface area contributed by atoms with E-state index < -0.39 is 42.0 Å². The van der Waals surface area contributed by atoms with Crippen LogP contribution in [0.2, 0.25) is 0 Å². The first-order chi connectivity index (χ1) is 23.6. The molecule has 2 aromatic rings. The van der Waals surface area contributed by atoms with Gasteiger partial charge in [-0.05, 0) is 56.7 Å². The second-order valence-corrected chi connectivity index (χ2v) is 14.6. The predicted molar refractivity (Wildman–Crippen MR) is 195 cm³/mol. The molecule has 2 rings (SSSR count). The number of ether oxygens (including phenoxy) is 1. The van der Waals surface area contributed by atoms with Gasteiger partial charge in [-0.2, -0.15) is 0 Å². The predicted octanol–water partition coefficient (Wildman–Crippen LogP) is 4.99. The molecule has 0 fully saturated rings. The van der Waals surface area contributed by atoms with Crippen LogP contribution in [-0.4, -0.2) is 83.4 Å². The van der Waals surface area contributed by atoms with E-state index in [-0.39, 0.29) is 48.2 Å². The quantitative estimate of drug-likeness (QED) is 0.0970. The summed E-state index contributed by atoms with van der Waals surface area (Å²) in [6, 6.07) is 7.95. The van der Waals surface area contributed by atoms with Crippen molar-refractivity contribution in [2.75, 3.05) is 20.6 Å². The van der Waals surface area contributed by atoms with E-state index >= 15 is 0 Å². The zero-order valence-corrected chi connectivity index (χ0v) is 31.7. The van der Waals surface area contributed by atoms with Crippen molar-refractivity contribution in [2.45, 2.75) is 111 Å². The summed E-state index contributed by atoms with van der Waals surface area (Å²) in [4.78, 5) is 70.1. The van der Waals surface area contributed by atoms with Crippen molar-refractivity contribution in [1.82, 2.24) is 25.8 Å². The Balaban J connectivity index is 2.23. The van der Waals surface area contributed by atoms with Crippen molar-refractivity contribution < 1.29 is 33.8 Å². The van der Waals surface area contributed by atoms with Gasteiger partial charge in [0.25, 0.3) is 5.91 Å². The Morgan fingerprint density at radius 3 is 2.20 bits per heavy atom. The number of esters is 1. The normalized spacial score (nSPS) is 14.4. The summed E-state index contributed by atoms with van der Waals surface area (Å²) in [5, 5.41) is 20.5. The van der Waals surface area contributed by atoms with Crippen LogP contribution < -0.4 is 16.0 Å². The molecular weight excluding hydrogens is 659 g/mol. The molecule has 0 unspecified atom stereocenters. The zero-order valence-electron chi connectivity index (χ0n) is 30.9. The minimum absolute atomic E-state index is 0.0459. The summed E-state index contributed by atoms with van der Waals surface area (Å²) in [5.41, 5.74) is 1.09. The third-order valence-electron chi connectivity index (χ3n) is 8.71. The Morgan fingerprint density at radius 2 is 1.62 bits per heavy atom. The largest absolute Gasteiger partial charge is 0.481 e. The molecule has 13 heteroatoms. The molecular formula is C37H57N5O7S. The number of hydrogen-bond acceptors (Lipinski definition) is 9. The van der Waals surface area contributed by atoms with E-state index in [1.807, 2.05) is 65.1 Å². The van der Waals surface area contributed by atoms with E-state index in [2.05, 4.69) is 20.9 Å². The number of nitrogens with zero attached hydrogens (tertiary/aromatic N) is 2. The maximum atomic E-state index is 13.9. The fraction of sp³-hybridized carbons (Fsp3) is 0.622. The highest BCUT2D eigenvalue weighted by Gasteiger charge is 2.35. The summed E-state index contributed by atoms with van der Waals surface area (Å²) in [5.74, 6) is -3.20. The number of aromatic nitrogens is 1. The van der Waals surface area contributed by atoms with Crippen molar-refractivity contribution in [2.24, 2.45) is 17.8 Å². The molecule has 0 aliphatic heterocycles. The number of aliphatic carboxylic acids is 1. The number of unbranched alkanes of at least 4 members (excludes halogenated alkanes) is 2. The van der Waals surface area contributed by atoms with Crippen LogP contribution in [0.1, 0.15) is 107 Å². The fourth-order valence-electron chi connectivity index (χ4n) is 5.82. The topological polar surface area (TPSA) is 167 Å². The molecule has 12 nitrogen and oxygen atoms in total. The van der Waals surface area contributed by atoms with Crippen LogP contribution in [0.25, 0.3) is 0 Å². The van der Waals surface area contributed by atoms with Crippen LogP contribution in [0, 0.1) is 17.8 Å². The molecule has 278 valence electrons. The Labute approximate surface area is 301 Å². The van der Waals surface area contributed by atoms with Crippen LogP contribution in [0.3, 0.4) is 0 Å². The van der Waals surface area contributed by atoms with Crippen LogP contribution in [0.15, 0.2) is 35.7 Å². The van der Waals surface area contributed by atoms with Crippen LogP contribution in [0.5, 0.6) is 0 Å². The smallest absolute Gasteiger partial charge is 0.306 e. The molecule has 1 aromatic heterocycles. The van der Waals surface area contributed by atoms with Gasteiger partial charge in [-0.3, -0.25) is 24.0 Å². The second-order valence-electron chi connectivity index (χ2n) is 13.7. The maximum absolute atomic E-state index is 13.9. The van der Waals surface area contributed by atoms with E-state index in [0.717, 1.165) is 31.4 Å².